The Morgan fingerprint density at radius 3 is 2.10 bits per heavy atom. The highest BCUT2D eigenvalue weighted by Gasteiger charge is 2.14. The first-order valence-electron chi connectivity index (χ1n) is 8.78. The van der Waals surface area contributed by atoms with Crippen molar-refractivity contribution in [2.75, 3.05) is 16.6 Å². The second-order valence-electron chi connectivity index (χ2n) is 6.22. The van der Waals surface area contributed by atoms with Gasteiger partial charge in [-0.25, -0.2) is 8.42 Å². The number of hydrogen-bond acceptors (Lipinski definition) is 6. The predicted molar refractivity (Wildman–Crippen MR) is 124 cm³/mol. The standard InChI is InChI=1S/C20H16IN3O6S/c21-14-1-3-16(4-2-14)23-31(28,29)19-11-5-15(6-12-19)22-20(25)13-30-18-9-7-17(8-10-18)24(26)27/h1-12,23H,13H2,(H,22,25). The summed E-state index contributed by atoms with van der Waals surface area (Å²) >= 11 is 2.13. The summed E-state index contributed by atoms with van der Waals surface area (Å²) in [6, 6.07) is 17.9. The van der Waals surface area contributed by atoms with Gasteiger partial charge >= 0.3 is 0 Å². The summed E-state index contributed by atoms with van der Waals surface area (Å²) in [6.07, 6.45) is 0. The van der Waals surface area contributed by atoms with Gasteiger partial charge in [0.25, 0.3) is 21.6 Å². The molecule has 0 fully saturated rings. The van der Waals surface area contributed by atoms with E-state index in [4.69, 9.17) is 4.74 Å². The van der Waals surface area contributed by atoms with Gasteiger partial charge in [-0.15, -0.1) is 0 Å². The molecule has 0 aliphatic rings. The van der Waals surface area contributed by atoms with Crippen LogP contribution >= 0.6 is 22.6 Å². The summed E-state index contributed by atoms with van der Waals surface area (Å²) in [6.45, 7) is -0.313. The van der Waals surface area contributed by atoms with E-state index < -0.39 is 20.9 Å². The number of rotatable bonds is 8. The zero-order valence-corrected chi connectivity index (χ0v) is 18.8. The van der Waals surface area contributed by atoms with Crippen LogP contribution in [-0.2, 0) is 14.8 Å². The van der Waals surface area contributed by atoms with E-state index >= 15 is 0 Å². The SMILES string of the molecule is O=C(COc1ccc([N+](=O)[O-])cc1)Nc1ccc(S(=O)(=O)Nc2ccc(I)cc2)cc1. The molecule has 0 unspecified atom stereocenters. The van der Waals surface area contributed by atoms with Crippen molar-refractivity contribution < 1.29 is 22.9 Å². The molecule has 0 atom stereocenters. The van der Waals surface area contributed by atoms with E-state index in [0.29, 0.717) is 17.1 Å². The fourth-order valence-corrected chi connectivity index (χ4v) is 3.88. The molecular weight excluding hydrogens is 537 g/mol. The smallest absolute Gasteiger partial charge is 0.269 e. The minimum Gasteiger partial charge on any atom is -0.484 e. The van der Waals surface area contributed by atoms with Crippen LogP contribution in [0.5, 0.6) is 5.75 Å². The number of hydrogen-bond donors (Lipinski definition) is 2. The van der Waals surface area contributed by atoms with Gasteiger partial charge in [0.1, 0.15) is 5.75 Å². The zero-order chi connectivity index (χ0) is 22.4. The van der Waals surface area contributed by atoms with Gasteiger partial charge in [-0.3, -0.25) is 19.6 Å². The molecule has 0 saturated carbocycles. The Hall–Kier alpha value is -3.19. The monoisotopic (exact) mass is 553 g/mol. The highest BCUT2D eigenvalue weighted by molar-refractivity contribution is 14.1. The van der Waals surface area contributed by atoms with E-state index in [1.54, 1.807) is 24.3 Å². The lowest BCUT2D eigenvalue weighted by molar-refractivity contribution is -0.384. The average Bonchev–Trinajstić information content (AvgIpc) is 2.74. The van der Waals surface area contributed by atoms with Gasteiger partial charge in [0.2, 0.25) is 0 Å². The molecule has 11 heteroatoms. The third-order valence-electron chi connectivity index (χ3n) is 3.96. The van der Waals surface area contributed by atoms with Crippen molar-refractivity contribution in [3.05, 3.63) is 86.5 Å². The number of ether oxygens (including phenoxy) is 1. The molecule has 0 aliphatic heterocycles. The number of halogens is 1. The Balaban J connectivity index is 1.56. The molecule has 0 spiro atoms. The van der Waals surface area contributed by atoms with Gasteiger partial charge in [0.05, 0.1) is 9.82 Å². The number of anilines is 2. The fourth-order valence-electron chi connectivity index (χ4n) is 2.46. The molecule has 31 heavy (non-hydrogen) atoms. The maximum Gasteiger partial charge on any atom is 0.269 e. The van der Waals surface area contributed by atoms with Crippen molar-refractivity contribution in [1.29, 1.82) is 0 Å². The summed E-state index contributed by atoms with van der Waals surface area (Å²) < 4.78 is 33.7. The molecule has 3 aromatic carbocycles. The maximum absolute atomic E-state index is 12.5. The molecule has 0 bridgehead atoms. The minimum absolute atomic E-state index is 0.0474. The number of carbonyl (C=O) groups is 1. The van der Waals surface area contributed by atoms with Gasteiger partial charge in [-0.1, -0.05) is 0 Å². The van der Waals surface area contributed by atoms with Crippen LogP contribution in [0.15, 0.2) is 77.7 Å². The largest absolute Gasteiger partial charge is 0.484 e. The summed E-state index contributed by atoms with van der Waals surface area (Å²) in [5, 5.41) is 13.2. The molecule has 0 aromatic heterocycles. The van der Waals surface area contributed by atoms with Crippen molar-refractivity contribution in [2.24, 2.45) is 0 Å². The fraction of sp³-hybridized carbons (Fsp3) is 0.0500. The summed E-state index contributed by atoms with van der Waals surface area (Å²) in [4.78, 5) is 22.2. The van der Waals surface area contributed by atoms with Crippen LogP contribution in [0.1, 0.15) is 0 Å². The van der Waals surface area contributed by atoms with E-state index in [9.17, 15) is 23.3 Å². The second-order valence-corrected chi connectivity index (χ2v) is 9.15. The first-order chi connectivity index (χ1) is 14.7. The van der Waals surface area contributed by atoms with Gasteiger partial charge in [0.15, 0.2) is 6.61 Å². The predicted octanol–water partition coefficient (Wildman–Crippen LogP) is 4.02. The molecule has 3 rings (SSSR count). The van der Waals surface area contributed by atoms with Gasteiger partial charge in [0, 0.05) is 27.1 Å². The quantitative estimate of drug-likeness (QED) is 0.247. The minimum atomic E-state index is -3.77. The van der Waals surface area contributed by atoms with Crippen LogP contribution in [0.4, 0.5) is 17.1 Å². The zero-order valence-electron chi connectivity index (χ0n) is 15.8. The molecule has 0 aliphatic carbocycles. The lowest BCUT2D eigenvalue weighted by Crippen LogP contribution is -2.20. The van der Waals surface area contributed by atoms with Crippen molar-refractivity contribution in [3.63, 3.8) is 0 Å². The van der Waals surface area contributed by atoms with Crippen molar-refractivity contribution in [2.45, 2.75) is 4.90 Å². The molecule has 160 valence electrons. The maximum atomic E-state index is 12.5. The third kappa shape index (κ3) is 6.39. The Morgan fingerprint density at radius 1 is 0.935 bits per heavy atom. The number of nitro groups is 1. The van der Waals surface area contributed by atoms with Crippen molar-refractivity contribution >= 4 is 55.6 Å². The Labute approximate surface area is 191 Å². The second kappa shape index (κ2) is 9.75. The number of non-ortho nitro benzene ring substituents is 1. The molecule has 0 heterocycles. The molecule has 0 saturated heterocycles. The number of carbonyl (C=O) groups excluding carboxylic acids is 1. The Kier molecular flexibility index (Phi) is 7.07. The van der Waals surface area contributed by atoms with E-state index in [1.165, 1.54) is 48.5 Å². The number of amides is 1. The number of nitrogens with zero attached hydrogens (tertiary/aromatic N) is 1. The molecule has 1 amide bonds. The molecule has 2 N–H and O–H groups in total. The van der Waals surface area contributed by atoms with Crippen LogP contribution in [0.2, 0.25) is 0 Å². The summed E-state index contributed by atoms with van der Waals surface area (Å²) in [5.74, 6) is -0.158. The Bertz CT molecular complexity index is 1180. The number of sulfonamides is 1. The van der Waals surface area contributed by atoms with Crippen molar-refractivity contribution in [1.82, 2.24) is 0 Å². The van der Waals surface area contributed by atoms with Crippen LogP contribution in [0.25, 0.3) is 0 Å². The highest BCUT2D eigenvalue weighted by atomic mass is 127. The van der Waals surface area contributed by atoms with E-state index in [1.807, 2.05) is 0 Å². The Morgan fingerprint density at radius 2 is 1.52 bits per heavy atom. The first-order valence-corrected chi connectivity index (χ1v) is 11.3. The average molecular weight is 553 g/mol. The van der Waals surface area contributed by atoms with Crippen LogP contribution in [-0.4, -0.2) is 25.9 Å². The number of nitrogens with one attached hydrogen (secondary N) is 2. The molecule has 0 radical (unpaired) electrons. The lowest BCUT2D eigenvalue weighted by Gasteiger charge is -2.10. The van der Waals surface area contributed by atoms with Crippen LogP contribution in [0.3, 0.4) is 0 Å². The van der Waals surface area contributed by atoms with E-state index in [0.717, 1.165) is 3.57 Å². The van der Waals surface area contributed by atoms with E-state index in [-0.39, 0.29) is 17.2 Å². The van der Waals surface area contributed by atoms with Crippen molar-refractivity contribution in [3.8, 4) is 5.75 Å². The van der Waals surface area contributed by atoms with Gasteiger partial charge in [-0.2, -0.15) is 0 Å². The van der Waals surface area contributed by atoms with Crippen LogP contribution < -0.4 is 14.8 Å². The van der Waals surface area contributed by atoms with Crippen LogP contribution in [0, 0.1) is 13.7 Å². The lowest BCUT2D eigenvalue weighted by atomic mass is 10.3. The first kappa shape index (κ1) is 22.5. The highest BCUT2D eigenvalue weighted by Crippen LogP contribution is 2.20. The number of nitro benzene ring substituents is 1. The topological polar surface area (TPSA) is 128 Å². The molecule has 3 aromatic rings. The molecular formula is C20H16IN3O6S. The van der Waals surface area contributed by atoms with E-state index in [2.05, 4.69) is 32.6 Å². The number of benzene rings is 3. The normalized spacial score (nSPS) is 10.9. The van der Waals surface area contributed by atoms with Gasteiger partial charge in [-0.05, 0) is 83.3 Å². The van der Waals surface area contributed by atoms with Gasteiger partial charge < -0.3 is 10.1 Å². The third-order valence-corrected chi connectivity index (χ3v) is 6.08. The summed E-state index contributed by atoms with van der Waals surface area (Å²) in [5.41, 5.74) is 0.759. The summed E-state index contributed by atoms with van der Waals surface area (Å²) in [7, 11) is -3.77. The molecule has 9 nitrogen and oxygen atoms in total.